The Hall–Kier alpha value is -3.81. The summed E-state index contributed by atoms with van der Waals surface area (Å²) in [6.07, 6.45) is 6.13. The highest BCUT2D eigenvalue weighted by Crippen LogP contribution is 2.45. The largest absolute Gasteiger partial charge is 0.473 e. The molecule has 0 spiro atoms. The van der Waals surface area contributed by atoms with Gasteiger partial charge in [0.2, 0.25) is 0 Å². The average Bonchev–Trinajstić information content (AvgIpc) is 3.22. The van der Waals surface area contributed by atoms with E-state index in [1.54, 1.807) is 0 Å². The lowest BCUT2D eigenvalue weighted by Crippen LogP contribution is -2.28. The molecule has 0 saturated carbocycles. The smallest absolute Gasteiger partial charge is 0.414 e. The summed E-state index contributed by atoms with van der Waals surface area (Å²) in [6.45, 7) is 1.56. The number of halogens is 1. The molecule has 7 heteroatoms. The Balaban J connectivity index is 0.000000538. The SMILES string of the molecule is CN(C)CCC[C@@]1(c2ccc(F)cc2)OCc2cc(/C=C/c3ccccc3)ccc21.O=C(O)C(=O)O. The van der Waals surface area contributed by atoms with E-state index in [1.807, 2.05) is 30.3 Å². The lowest BCUT2D eigenvalue weighted by atomic mass is 9.81. The van der Waals surface area contributed by atoms with Crippen LogP contribution in [-0.2, 0) is 26.5 Å². The van der Waals surface area contributed by atoms with Crippen molar-refractivity contribution in [2.75, 3.05) is 20.6 Å². The standard InChI is InChI=1S/C27H28FNO.C2H2O4/c1-29(2)18-6-17-27(24-12-14-25(28)15-13-24)26-16-11-22(19-23(26)20-30-27)10-9-21-7-4-3-5-8-21;3-1(4)2(5)6/h3-5,7-16,19H,6,17-18,20H2,1-2H3;(H,3,4)(H,5,6)/b10-9+;/t27-;/m0./s1. The van der Waals surface area contributed by atoms with Gasteiger partial charge in [0.05, 0.1) is 6.61 Å². The van der Waals surface area contributed by atoms with E-state index in [4.69, 9.17) is 24.5 Å². The van der Waals surface area contributed by atoms with Gasteiger partial charge in [0, 0.05) is 0 Å². The number of fused-ring (bicyclic) bond motifs is 1. The number of benzene rings is 3. The Bertz CT molecular complexity index is 1200. The predicted octanol–water partition coefficient (Wildman–Crippen LogP) is 5.27. The summed E-state index contributed by atoms with van der Waals surface area (Å²) in [5.41, 5.74) is 5.25. The molecule has 0 amide bonds. The fourth-order valence-electron chi connectivity index (χ4n) is 4.22. The maximum atomic E-state index is 13.6. The molecule has 6 nitrogen and oxygen atoms in total. The summed E-state index contributed by atoms with van der Waals surface area (Å²) in [5, 5.41) is 14.8. The van der Waals surface area contributed by atoms with Crippen molar-refractivity contribution in [2.24, 2.45) is 0 Å². The molecule has 1 aliphatic heterocycles. The zero-order valence-electron chi connectivity index (χ0n) is 20.4. The summed E-state index contributed by atoms with van der Waals surface area (Å²) < 4.78 is 20.0. The van der Waals surface area contributed by atoms with Crippen LogP contribution >= 0.6 is 0 Å². The van der Waals surface area contributed by atoms with Crippen molar-refractivity contribution in [1.29, 1.82) is 0 Å². The summed E-state index contributed by atoms with van der Waals surface area (Å²) in [4.78, 5) is 20.4. The molecule has 0 fully saturated rings. The van der Waals surface area contributed by atoms with Crippen LogP contribution in [0.2, 0.25) is 0 Å². The van der Waals surface area contributed by atoms with Gasteiger partial charge in [-0.1, -0.05) is 66.7 Å². The fraction of sp³-hybridized carbons (Fsp3) is 0.241. The number of hydrogen-bond donors (Lipinski definition) is 2. The van der Waals surface area contributed by atoms with Crippen LogP contribution in [0.4, 0.5) is 4.39 Å². The molecule has 0 aromatic heterocycles. The van der Waals surface area contributed by atoms with E-state index in [-0.39, 0.29) is 5.82 Å². The number of carboxylic acid groups (broad SMARTS) is 2. The molecule has 0 bridgehead atoms. The molecule has 3 aromatic rings. The molecule has 1 aliphatic rings. The van der Waals surface area contributed by atoms with E-state index in [0.29, 0.717) is 6.61 Å². The van der Waals surface area contributed by atoms with E-state index >= 15 is 0 Å². The highest BCUT2D eigenvalue weighted by Gasteiger charge is 2.41. The number of carboxylic acids is 2. The first-order chi connectivity index (χ1) is 17.2. The van der Waals surface area contributed by atoms with Gasteiger partial charge in [-0.25, -0.2) is 14.0 Å². The van der Waals surface area contributed by atoms with Crippen LogP contribution < -0.4 is 0 Å². The minimum atomic E-state index is -1.82. The van der Waals surface area contributed by atoms with Crippen molar-refractivity contribution in [3.8, 4) is 0 Å². The second kappa shape index (κ2) is 12.2. The van der Waals surface area contributed by atoms with Gasteiger partial charge in [0.25, 0.3) is 0 Å². The normalized spacial score (nSPS) is 16.4. The van der Waals surface area contributed by atoms with Crippen molar-refractivity contribution in [3.63, 3.8) is 0 Å². The lowest BCUT2D eigenvalue weighted by molar-refractivity contribution is -0.159. The third-order valence-corrected chi connectivity index (χ3v) is 5.93. The van der Waals surface area contributed by atoms with Gasteiger partial charge in [0.1, 0.15) is 11.4 Å². The number of rotatable bonds is 7. The monoisotopic (exact) mass is 491 g/mol. The second-order valence-electron chi connectivity index (χ2n) is 8.80. The molecule has 3 aromatic carbocycles. The molecule has 1 heterocycles. The quantitative estimate of drug-likeness (QED) is 0.346. The Kier molecular flexibility index (Phi) is 9.11. The third kappa shape index (κ3) is 6.87. The first-order valence-electron chi connectivity index (χ1n) is 11.6. The fourth-order valence-corrected chi connectivity index (χ4v) is 4.22. The van der Waals surface area contributed by atoms with Crippen LogP contribution in [0.3, 0.4) is 0 Å². The zero-order valence-corrected chi connectivity index (χ0v) is 20.4. The van der Waals surface area contributed by atoms with E-state index in [2.05, 4.69) is 61.5 Å². The number of aliphatic carboxylic acids is 2. The molecule has 2 N–H and O–H groups in total. The van der Waals surface area contributed by atoms with Crippen LogP contribution in [0, 0.1) is 5.82 Å². The third-order valence-electron chi connectivity index (χ3n) is 5.93. The van der Waals surface area contributed by atoms with E-state index < -0.39 is 17.5 Å². The number of nitrogens with zero attached hydrogens (tertiary/aromatic N) is 1. The average molecular weight is 492 g/mol. The van der Waals surface area contributed by atoms with E-state index in [0.717, 1.165) is 30.5 Å². The Labute approximate surface area is 210 Å². The molecular weight excluding hydrogens is 461 g/mol. The summed E-state index contributed by atoms with van der Waals surface area (Å²) in [7, 11) is 4.17. The van der Waals surface area contributed by atoms with Gasteiger partial charge in [-0.15, -0.1) is 0 Å². The second-order valence-corrected chi connectivity index (χ2v) is 8.80. The van der Waals surface area contributed by atoms with Gasteiger partial charge in [-0.3, -0.25) is 0 Å². The van der Waals surface area contributed by atoms with E-state index in [1.165, 1.54) is 28.8 Å². The highest BCUT2D eigenvalue weighted by atomic mass is 19.1. The summed E-state index contributed by atoms with van der Waals surface area (Å²) >= 11 is 0. The Morgan fingerprint density at radius 3 is 2.19 bits per heavy atom. The topological polar surface area (TPSA) is 87.1 Å². The number of ether oxygens (including phenoxy) is 1. The van der Waals surface area contributed by atoms with Gasteiger partial charge in [0.15, 0.2) is 0 Å². The molecule has 4 rings (SSSR count). The molecular formula is C29H30FNO5. The number of hydrogen-bond acceptors (Lipinski definition) is 4. The van der Waals surface area contributed by atoms with Crippen LogP contribution in [0.1, 0.15) is 40.7 Å². The zero-order chi connectivity index (χ0) is 26.1. The van der Waals surface area contributed by atoms with Crippen LogP contribution in [0.25, 0.3) is 12.2 Å². The minimum absolute atomic E-state index is 0.221. The van der Waals surface area contributed by atoms with Crippen molar-refractivity contribution in [1.82, 2.24) is 4.90 Å². The number of carbonyl (C=O) groups is 2. The van der Waals surface area contributed by atoms with Crippen molar-refractivity contribution in [3.05, 3.63) is 106 Å². The van der Waals surface area contributed by atoms with Crippen molar-refractivity contribution >= 4 is 24.1 Å². The Morgan fingerprint density at radius 2 is 1.58 bits per heavy atom. The maximum Gasteiger partial charge on any atom is 0.414 e. The van der Waals surface area contributed by atoms with Crippen molar-refractivity contribution in [2.45, 2.75) is 25.0 Å². The molecule has 188 valence electrons. The predicted molar refractivity (Wildman–Crippen MR) is 137 cm³/mol. The minimum Gasteiger partial charge on any atom is -0.473 e. The molecule has 0 saturated heterocycles. The first-order valence-corrected chi connectivity index (χ1v) is 11.6. The Morgan fingerprint density at radius 1 is 0.944 bits per heavy atom. The highest BCUT2D eigenvalue weighted by molar-refractivity contribution is 6.27. The van der Waals surface area contributed by atoms with Crippen LogP contribution in [-0.4, -0.2) is 47.7 Å². The first kappa shape index (κ1) is 26.8. The maximum absolute atomic E-state index is 13.6. The van der Waals surface area contributed by atoms with Gasteiger partial charge >= 0.3 is 11.9 Å². The molecule has 0 aliphatic carbocycles. The van der Waals surface area contributed by atoms with Crippen LogP contribution in [0.15, 0.2) is 72.8 Å². The molecule has 1 atom stereocenters. The van der Waals surface area contributed by atoms with Crippen molar-refractivity contribution < 1.29 is 28.9 Å². The lowest BCUT2D eigenvalue weighted by Gasteiger charge is -2.31. The van der Waals surface area contributed by atoms with E-state index in [9.17, 15) is 4.39 Å². The molecule has 0 unspecified atom stereocenters. The molecule has 36 heavy (non-hydrogen) atoms. The summed E-state index contributed by atoms with van der Waals surface area (Å²) in [5.74, 6) is -3.87. The summed E-state index contributed by atoms with van der Waals surface area (Å²) in [6, 6.07) is 23.6. The van der Waals surface area contributed by atoms with Crippen LogP contribution in [0.5, 0.6) is 0 Å². The molecule has 0 radical (unpaired) electrons. The van der Waals surface area contributed by atoms with Gasteiger partial charge < -0.3 is 19.8 Å². The van der Waals surface area contributed by atoms with Gasteiger partial charge in [-0.05, 0) is 79.5 Å². The van der Waals surface area contributed by atoms with Gasteiger partial charge in [-0.2, -0.15) is 0 Å².